The van der Waals surface area contributed by atoms with E-state index < -0.39 is 0 Å². The van der Waals surface area contributed by atoms with Crippen molar-refractivity contribution >= 4 is 0 Å². The van der Waals surface area contributed by atoms with E-state index in [0.717, 1.165) is 36.8 Å². The molecule has 1 aliphatic rings. The highest BCUT2D eigenvalue weighted by molar-refractivity contribution is 5.52. The number of imidazole rings is 2. The zero-order valence-electron chi connectivity index (χ0n) is 12.5. The summed E-state index contributed by atoms with van der Waals surface area (Å²) in [6, 6.07) is 8.53. The van der Waals surface area contributed by atoms with Gasteiger partial charge in [0, 0.05) is 18.1 Å². The number of aromatic amines is 1. The minimum absolute atomic E-state index is 0.0668. The first kappa shape index (κ1) is 13.3. The van der Waals surface area contributed by atoms with Crippen LogP contribution < -0.4 is 0 Å². The largest absolute Gasteiger partial charge is 0.371 e. The molecule has 0 radical (unpaired) electrons. The summed E-state index contributed by atoms with van der Waals surface area (Å²) in [5.41, 5.74) is 4.59. The number of nitrogens with one attached hydrogen (secondary N) is 1. The van der Waals surface area contributed by atoms with Crippen molar-refractivity contribution in [3.8, 4) is 11.5 Å². The Hall–Kier alpha value is -2.40. The lowest BCUT2D eigenvalue weighted by Gasteiger charge is -2.26. The minimum Gasteiger partial charge on any atom is -0.371 e. The van der Waals surface area contributed by atoms with Gasteiger partial charge in [0.1, 0.15) is 11.8 Å². The molecule has 1 aliphatic heterocycles. The predicted octanol–water partition coefficient (Wildman–Crippen LogP) is 2.90. The zero-order valence-corrected chi connectivity index (χ0v) is 12.5. The lowest BCUT2D eigenvalue weighted by atomic mass is 9.97. The average molecular weight is 294 g/mol. The Morgan fingerprint density at radius 1 is 1.32 bits per heavy atom. The van der Waals surface area contributed by atoms with E-state index in [9.17, 15) is 0 Å². The van der Waals surface area contributed by atoms with Crippen molar-refractivity contribution in [2.45, 2.75) is 26.0 Å². The number of ether oxygens (including phenoxy) is 1. The molecule has 0 saturated heterocycles. The SMILES string of the molecule is Cc1[nH]cnc1-c1nccn1CC1OCCc2ccccc21. The Morgan fingerprint density at radius 2 is 2.23 bits per heavy atom. The Labute approximate surface area is 129 Å². The number of benzene rings is 1. The summed E-state index contributed by atoms with van der Waals surface area (Å²) in [6.45, 7) is 3.53. The summed E-state index contributed by atoms with van der Waals surface area (Å²) >= 11 is 0. The Balaban J connectivity index is 1.66. The Bertz CT molecular complexity index is 789. The molecule has 0 spiro atoms. The molecule has 2 aromatic heterocycles. The van der Waals surface area contributed by atoms with Gasteiger partial charge in [0.05, 0.1) is 19.5 Å². The summed E-state index contributed by atoms with van der Waals surface area (Å²) in [5, 5.41) is 0. The zero-order chi connectivity index (χ0) is 14.9. The van der Waals surface area contributed by atoms with Crippen molar-refractivity contribution < 1.29 is 4.74 Å². The molecule has 1 atom stereocenters. The number of aryl methyl sites for hydroxylation is 1. The van der Waals surface area contributed by atoms with Crippen LogP contribution in [0.1, 0.15) is 22.9 Å². The van der Waals surface area contributed by atoms with E-state index in [-0.39, 0.29) is 6.10 Å². The first-order valence-corrected chi connectivity index (χ1v) is 7.54. The topological polar surface area (TPSA) is 55.7 Å². The summed E-state index contributed by atoms with van der Waals surface area (Å²) in [4.78, 5) is 12.0. The van der Waals surface area contributed by atoms with Crippen molar-refractivity contribution in [3.05, 3.63) is 59.8 Å². The third-order valence-electron chi connectivity index (χ3n) is 4.21. The van der Waals surface area contributed by atoms with Gasteiger partial charge in [-0.15, -0.1) is 0 Å². The van der Waals surface area contributed by atoms with Gasteiger partial charge in [0.2, 0.25) is 0 Å². The van der Waals surface area contributed by atoms with Gasteiger partial charge in [-0.05, 0) is 24.5 Å². The number of hydrogen-bond acceptors (Lipinski definition) is 3. The number of rotatable bonds is 3. The molecule has 1 aromatic carbocycles. The highest BCUT2D eigenvalue weighted by Crippen LogP contribution is 2.29. The normalized spacial score (nSPS) is 17.4. The highest BCUT2D eigenvalue weighted by atomic mass is 16.5. The molecule has 22 heavy (non-hydrogen) atoms. The molecular weight excluding hydrogens is 276 g/mol. The molecule has 0 saturated carbocycles. The van der Waals surface area contributed by atoms with E-state index in [1.165, 1.54) is 11.1 Å². The maximum absolute atomic E-state index is 6.00. The second-order valence-electron chi connectivity index (χ2n) is 5.59. The quantitative estimate of drug-likeness (QED) is 0.808. The summed E-state index contributed by atoms with van der Waals surface area (Å²) in [6.07, 6.45) is 6.57. The molecule has 0 fully saturated rings. The maximum Gasteiger partial charge on any atom is 0.160 e. The van der Waals surface area contributed by atoms with Gasteiger partial charge in [0.25, 0.3) is 0 Å². The van der Waals surface area contributed by atoms with Crippen LogP contribution in [0.5, 0.6) is 0 Å². The van der Waals surface area contributed by atoms with Crippen LogP contribution in [0.3, 0.4) is 0 Å². The molecule has 0 amide bonds. The van der Waals surface area contributed by atoms with Crippen LogP contribution >= 0.6 is 0 Å². The second kappa shape index (κ2) is 5.42. The molecule has 4 rings (SSSR count). The monoisotopic (exact) mass is 294 g/mol. The molecule has 3 heterocycles. The molecule has 0 bridgehead atoms. The first-order valence-electron chi connectivity index (χ1n) is 7.54. The lowest BCUT2D eigenvalue weighted by molar-refractivity contribution is 0.0309. The van der Waals surface area contributed by atoms with Gasteiger partial charge < -0.3 is 14.3 Å². The fourth-order valence-corrected chi connectivity index (χ4v) is 3.06. The lowest BCUT2D eigenvalue weighted by Crippen LogP contribution is -2.20. The van der Waals surface area contributed by atoms with Crippen molar-refractivity contribution in [3.63, 3.8) is 0 Å². The van der Waals surface area contributed by atoms with Gasteiger partial charge in [-0.25, -0.2) is 9.97 Å². The number of nitrogens with zero attached hydrogens (tertiary/aromatic N) is 3. The Morgan fingerprint density at radius 3 is 3.09 bits per heavy atom. The van der Waals surface area contributed by atoms with E-state index in [4.69, 9.17) is 4.74 Å². The van der Waals surface area contributed by atoms with Crippen LogP contribution in [0.15, 0.2) is 43.0 Å². The van der Waals surface area contributed by atoms with Crippen molar-refractivity contribution in [1.82, 2.24) is 19.5 Å². The van der Waals surface area contributed by atoms with Crippen molar-refractivity contribution in [1.29, 1.82) is 0 Å². The van der Waals surface area contributed by atoms with Crippen LogP contribution in [0.2, 0.25) is 0 Å². The first-order chi connectivity index (χ1) is 10.8. The van der Waals surface area contributed by atoms with E-state index >= 15 is 0 Å². The van der Waals surface area contributed by atoms with Gasteiger partial charge in [-0.2, -0.15) is 0 Å². The molecule has 1 N–H and O–H groups in total. The smallest absolute Gasteiger partial charge is 0.160 e. The van der Waals surface area contributed by atoms with Gasteiger partial charge in [-0.1, -0.05) is 24.3 Å². The molecular formula is C17H18N4O. The van der Waals surface area contributed by atoms with Crippen LogP contribution in [0.25, 0.3) is 11.5 Å². The molecule has 0 aliphatic carbocycles. The van der Waals surface area contributed by atoms with Crippen LogP contribution in [-0.2, 0) is 17.7 Å². The predicted molar refractivity (Wildman–Crippen MR) is 83.4 cm³/mol. The maximum atomic E-state index is 6.00. The Kier molecular flexibility index (Phi) is 3.27. The number of hydrogen-bond donors (Lipinski definition) is 1. The third-order valence-corrected chi connectivity index (χ3v) is 4.21. The average Bonchev–Trinajstić information content (AvgIpc) is 3.16. The van der Waals surface area contributed by atoms with E-state index in [1.807, 2.05) is 19.3 Å². The molecule has 112 valence electrons. The molecule has 1 unspecified atom stereocenters. The standard InChI is InChI=1S/C17H18N4O/c1-12-16(20-11-19-12)17-18-7-8-21(17)10-15-14-5-3-2-4-13(14)6-9-22-15/h2-5,7-8,11,15H,6,9-10H2,1H3,(H,19,20). The van der Waals surface area contributed by atoms with Gasteiger partial charge >= 0.3 is 0 Å². The number of aromatic nitrogens is 4. The third kappa shape index (κ3) is 2.23. The van der Waals surface area contributed by atoms with Crippen LogP contribution in [0, 0.1) is 6.92 Å². The molecule has 3 aromatic rings. The fraction of sp³-hybridized carbons (Fsp3) is 0.294. The summed E-state index contributed by atoms with van der Waals surface area (Å²) in [5.74, 6) is 0.880. The van der Waals surface area contributed by atoms with E-state index in [0.29, 0.717) is 0 Å². The fourth-order valence-electron chi connectivity index (χ4n) is 3.06. The highest BCUT2D eigenvalue weighted by Gasteiger charge is 2.22. The van der Waals surface area contributed by atoms with E-state index in [1.54, 1.807) is 6.33 Å². The molecule has 5 heteroatoms. The number of fused-ring (bicyclic) bond motifs is 1. The van der Waals surface area contributed by atoms with Crippen molar-refractivity contribution in [2.24, 2.45) is 0 Å². The van der Waals surface area contributed by atoms with Gasteiger partial charge in [0.15, 0.2) is 5.82 Å². The summed E-state index contributed by atoms with van der Waals surface area (Å²) < 4.78 is 8.12. The van der Waals surface area contributed by atoms with E-state index in [2.05, 4.69) is 43.8 Å². The molecule has 5 nitrogen and oxygen atoms in total. The van der Waals surface area contributed by atoms with Crippen LogP contribution in [-0.4, -0.2) is 26.1 Å². The number of H-pyrrole nitrogens is 1. The second-order valence-corrected chi connectivity index (χ2v) is 5.59. The summed E-state index contributed by atoms with van der Waals surface area (Å²) in [7, 11) is 0. The minimum atomic E-state index is 0.0668. The van der Waals surface area contributed by atoms with Crippen LogP contribution in [0.4, 0.5) is 0 Å². The van der Waals surface area contributed by atoms with Crippen molar-refractivity contribution in [2.75, 3.05) is 6.61 Å². The van der Waals surface area contributed by atoms with Gasteiger partial charge in [-0.3, -0.25) is 0 Å².